The molecule has 4 aromatic rings. The molecule has 0 spiro atoms. The molecule has 0 saturated carbocycles. The first-order valence-electron chi connectivity index (χ1n) is 12.7. The Kier molecular flexibility index (Phi) is 5.42. The molecule has 6 atom stereocenters. The highest BCUT2D eigenvalue weighted by molar-refractivity contribution is 5.86. The molecule has 0 radical (unpaired) electrons. The van der Waals surface area contributed by atoms with Crippen molar-refractivity contribution in [3.05, 3.63) is 82.9 Å². The van der Waals surface area contributed by atoms with Gasteiger partial charge in [0.2, 0.25) is 11.5 Å². The van der Waals surface area contributed by atoms with E-state index in [1.807, 2.05) is 0 Å². The fraction of sp³-hybridized carbons (Fsp3) is 0.200. The van der Waals surface area contributed by atoms with Crippen molar-refractivity contribution >= 4 is 0 Å². The summed E-state index contributed by atoms with van der Waals surface area (Å²) in [4.78, 5) is 0. The SMILES string of the molecule is Oc1ccc([C@H]2Oc3c(cc4c(c3O)O[C@H]3c5c-4cc(O)c(O)c5O[C@H](c4ccc(O)cc4)[C@H]3O)[C@@H](O)[C@H]2O)cc1. The highest BCUT2D eigenvalue weighted by Gasteiger charge is 2.48. The summed E-state index contributed by atoms with van der Waals surface area (Å²) in [6, 6.07) is 14.4. The number of aliphatic hydroxyl groups excluding tert-OH is 3. The largest absolute Gasteiger partial charge is 0.508 e. The molecule has 0 bridgehead atoms. The second-order valence-electron chi connectivity index (χ2n) is 10.3. The van der Waals surface area contributed by atoms with Crippen molar-refractivity contribution < 1.29 is 55.1 Å². The van der Waals surface area contributed by atoms with E-state index < -0.39 is 53.9 Å². The fourth-order valence-corrected chi connectivity index (χ4v) is 5.78. The molecule has 3 aliphatic rings. The van der Waals surface area contributed by atoms with Gasteiger partial charge in [-0.25, -0.2) is 0 Å². The van der Waals surface area contributed by atoms with Crippen LogP contribution in [0.1, 0.15) is 46.7 Å². The van der Waals surface area contributed by atoms with Crippen LogP contribution in [0, 0.1) is 0 Å². The zero-order valence-electron chi connectivity index (χ0n) is 21.0. The summed E-state index contributed by atoms with van der Waals surface area (Å²) in [5, 5.41) is 85.4. The first kappa shape index (κ1) is 25.1. The third-order valence-electron chi connectivity index (χ3n) is 7.84. The molecule has 11 nitrogen and oxygen atoms in total. The van der Waals surface area contributed by atoms with E-state index in [1.165, 1.54) is 60.7 Å². The average molecular weight is 561 g/mol. The van der Waals surface area contributed by atoms with Crippen molar-refractivity contribution in [3.63, 3.8) is 0 Å². The molecule has 0 amide bonds. The molecule has 0 aliphatic carbocycles. The molecule has 41 heavy (non-hydrogen) atoms. The van der Waals surface area contributed by atoms with Crippen molar-refractivity contribution in [2.75, 3.05) is 0 Å². The maximum Gasteiger partial charge on any atom is 0.201 e. The fourth-order valence-electron chi connectivity index (χ4n) is 5.78. The normalized spacial score (nSPS) is 25.5. The van der Waals surface area contributed by atoms with Gasteiger partial charge in [-0.15, -0.1) is 0 Å². The summed E-state index contributed by atoms with van der Waals surface area (Å²) in [6.45, 7) is 0. The zero-order chi connectivity index (χ0) is 28.7. The van der Waals surface area contributed by atoms with Crippen LogP contribution < -0.4 is 14.2 Å². The van der Waals surface area contributed by atoms with E-state index in [-0.39, 0.29) is 51.0 Å². The molecular weight excluding hydrogens is 536 g/mol. The number of fused-ring (bicyclic) bond motifs is 3. The molecule has 0 unspecified atom stereocenters. The number of aliphatic hydroxyl groups is 3. The minimum absolute atomic E-state index is 0.00161. The maximum atomic E-state index is 11.4. The topological polar surface area (TPSA) is 190 Å². The van der Waals surface area contributed by atoms with E-state index in [0.29, 0.717) is 11.1 Å². The van der Waals surface area contributed by atoms with Gasteiger partial charge in [0.05, 0.1) is 0 Å². The molecule has 0 aromatic heterocycles. The molecular formula is C30H24O11. The lowest BCUT2D eigenvalue weighted by Gasteiger charge is -2.42. The Bertz CT molecular complexity index is 1680. The average Bonchev–Trinajstić information content (AvgIpc) is 2.96. The summed E-state index contributed by atoms with van der Waals surface area (Å²) in [5.41, 5.74) is 1.59. The van der Waals surface area contributed by atoms with Crippen LogP contribution >= 0.6 is 0 Å². The van der Waals surface area contributed by atoms with Crippen LogP contribution in [-0.2, 0) is 0 Å². The minimum atomic E-state index is -1.51. The van der Waals surface area contributed by atoms with Gasteiger partial charge in [-0.3, -0.25) is 0 Å². The van der Waals surface area contributed by atoms with Gasteiger partial charge in [-0.05, 0) is 47.5 Å². The van der Waals surface area contributed by atoms with Crippen LogP contribution in [0.5, 0.6) is 46.0 Å². The predicted molar refractivity (Wildman–Crippen MR) is 140 cm³/mol. The predicted octanol–water partition coefficient (Wildman–Crippen LogP) is 3.34. The standard InChI is InChI=1S/C30H24O11/c31-13-5-1-11(2-6-13)25-22(36)20(34)17-9-16-15-10-18(33)21(35)29-19(15)30(41-27(16)24(38)28(17)39-25)23(37)26(40-29)12-3-7-14(32)8-4-12/h1-10,20,22-23,25-26,30-38H/t20-,22-,23-,25-,26-,30+/m1/s1. The molecule has 7 rings (SSSR count). The van der Waals surface area contributed by atoms with Gasteiger partial charge >= 0.3 is 0 Å². The highest BCUT2D eigenvalue weighted by Crippen LogP contribution is 2.62. The quantitative estimate of drug-likeness (QED) is 0.168. The molecule has 0 saturated heterocycles. The van der Waals surface area contributed by atoms with Crippen LogP contribution in [0.2, 0.25) is 0 Å². The van der Waals surface area contributed by atoms with Crippen molar-refractivity contribution in [3.8, 4) is 57.1 Å². The number of hydrogen-bond acceptors (Lipinski definition) is 11. The van der Waals surface area contributed by atoms with Gasteiger partial charge in [0.15, 0.2) is 41.3 Å². The van der Waals surface area contributed by atoms with Crippen LogP contribution in [0.3, 0.4) is 0 Å². The van der Waals surface area contributed by atoms with Gasteiger partial charge in [0.25, 0.3) is 0 Å². The molecule has 3 aliphatic heterocycles. The Morgan fingerprint density at radius 1 is 0.512 bits per heavy atom. The molecule has 4 aromatic carbocycles. The lowest BCUT2D eigenvalue weighted by Crippen LogP contribution is -2.39. The van der Waals surface area contributed by atoms with Crippen molar-refractivity contribution in [1.82, 2.24) is 0 Å². The van der Waals surface area contributed by atoms with Gasteiger partial charge in [-0.1, -0.05) is 24.3 Å². The number of hydrogen-bond donors (Lipinski definition) is 8. The summed E-state index contributed by atoms with van der Waals surface area (Å²) in [7, 11) is 0. The number of rotatable bonds is 2. The highest BCUT2D eigenvalue weighted by atomic mass is 16.6. The monoisotopic (exact) mass is 560 g/mol. The van der Waals surface area contributed by atoms with E-state index in [0.717, 1.165) is 0 Å². The number of phenolic OH excluding ortho intramolecular Hbond substituents is 5. The molecule has 8 N–H and O–H groups in total. The van der Waals surface area contributed by atoms with E-state index in [2.05, 4.69) is 0 Å². The van der Waals surface area contributed by atoms with E-state index in [4.69, 9.17) is 14.2 Å². The molecule has 210 valence electrons. The Labute approximate surface area is 231 Å². The maximum absolute atomic E-state index is 11.4. The Morgan fingerprint density at radius 2 is 1.05 bits per heavy atom. The summed E-state index contributed by atoms with van der Waals surface area (Å²) < 4.78 is 18.1. The first-order chi connectivity index (χ1) is 19.6. The minimum Gasteiger partial charge on any atom is -0.508 e. The third-order valence-corrected chi connectivity index (χ3v) is 7.84. The Hall–Kier alpha value is -4.84. The van der Waals surface area contributed by atoms with E-state index >= 15 is 0 Å². The smallest absolute Gasteiger partial charge is 0.201 e. The summed E-state index contributed by atoms with van der Waals surface area (Å²) in [5.74, 6) is -2.02. The molecule has 11 heteroatoms. The first-order valence-corrected chi connectivity index (χ1v) is 12.7. The van der Waals surface area contributed by atoms with Gasteiger partial charge in [0.1, 0.15) is 29.8 Å². The van der Waals surface area contributed by atoms with Gasteiger partial charge in [-0.2, -0.15) is 0 Å². The number of benzene rings is 4. The van der Waals surface area contributed by atoms with Crippen LogP contribution in [-0.4, -0.2) is 53.1 Å². The van der Waals surface area contributed by atoms with Crippen molar-refractivity contribution in [2.24, 2.45) is 0 Å². The lowest BCUT2D eigenvalue weighted by molar-refractivity contribution is -0.0726. The van der Waals surface area contributed by atoms with E-state index in [9.17, 15) is 40.9 Å². The second kappa shape index (κ2) is 8.83. The Morgan fingerprint density at radius 3 is 1.66 bits per heavy atom. The lowest BCUT2D eigenvalue weighted by atomic mass is 9.82. The third kappa shape index (κ3) is 3.63. The van der Waals surface area contributed by atoms with Crippen molar-refractivity contribution in [1.29, 1.82) is 0 Å². The van der Waals surface area contributed by atoms with Crippen LogP contribution in [0.4, 0.5) is 0 Å². The summed E-state index contributed by atoms with van der Waals surface area (Å²) in [6.07, 6.45) is -7.67. The number of aromatic hydroxyl groups is 5. The van der Waals surface area contributed by atoms with Gasteiger partial charge < -0.3 is 55.1 Å². The van der Waals surface area contributed by atoms with E-state index in [1.54, 1.807) is 0 Å². The molecule has 3 heterocycles. The second-order valence-corrected chi connectivity index (χ2v) is 10.3. The zero-order valence-corrected chi connectivity index (χ0v) is 21.0. The van der Waals surface area contributed by atoms with Crippen molar-refractivity contribution in [2.45, 2.75) is 36.6 Å². The Balaban J connectivity index is 1.38. The molecule has 0 fully saturated rings. The number of phenols is 5. The van der Waals surface area contributed by atoms with Crippen LogP contribution in [0.25, 0.3) is 11.1 Å². The number of ether oxygens (including phenoxy) is 3. The van der Waals surface area contributed by atoms with Gasteiger partial charge in [0, 0.05) is 22.3 Å². The summed E-state index contributed by atoms with van der Waals surface area (Å²) >= 11 is 0. The van der Waals surface area contributed by atoms with Crippen LogP contribution in [0.15, 0.2) is 60.7 Å².